The largest absolute Gasteiger partial charge is 0.486 e. The zero-order chi connectivity index (χ0) is 14.7. The molecule has 3 rings (SSSR count). The minimum Gasteiger partial charge on any atom is -0.486 e. The van der Waals surface area contributed by atoms with E-state index >= 15 is 0 Å². The van der Waals surface area contributed by atoms with Gasteiger partial charge in [-0.1, -0.05) is 0 Å². The number of thiophene rings is 1. The average Bonchev–Trinajstić information content (AvgIpc) is 3.16. The Bertz CT molecular complexity index is 753. The molecule has 0 aromatic carbocycles. The van der Waals surface area contributed by atoms with E-state index in [0.29, 0.717) is 5.75 Å². The summed E-state index contributed by atoms with van der Waals surface area (Å²) in [4.78, 5) is 19.2. The molecule has 1 N–H and O–H groups in total. The summed E-state index contributed by atoms with van der Waals surface area (Å²) in [6.45, 7) is 0.283. The molecule has 0 atom stereocenters. The highest BCUT2D eigenvalue weighted by Gasteiger charge is 2.08. The summed E-state index contributed by atoms with van der Waals surface area (Å²) in [7, 11) is 0. The zero-order valence-corrected chi connectivity index (χ0v) is 12.4. The van der Waals surface area contributed by atoms with E-state index in [2.05, 4.69) is 9.97 Å². The molecule has 0 fully saturated rings. The Morgan fingerprint density at radius 3 is 3.00 bits per heavy atom. The van der Waals surface area contributed by atoms with Crippen LogP contribution in [-0.2, 0) is 6.61 Å². The molecule has 21 heavy (non-hydrogen) atoms. The maximum absolute atomic E-state index is 10.9. The van der Waals surface area contributed by atoms with Gasteiger partial charge in [0.1, 0.15) is 17.4 Å². The molecule has 106 valence electrons. The Balaban J connectivity index is 1.68. The number of ether oxygens (including phenoxy) is 1. The molecule has 3 aromatic rings. The zero-order valence-electron chi connectivity index (χ0n) is 10.7. The Morgan fingerprint density at radius 2 is 2.24 bits per heavy atom. The molecule has 0 aliphatic heterocycles. The molecule has 3 heterocycles. The third kappa shape index (κ3) is 3.26. The van der Waals surface area contributed by atoms with E-state index in [0.717, 1.165) is 16.3 Å². The SMILES string of the molecule is O=C(O)c1cncc(OCc2csc(-c3ccsc3)n2)c1. The van der Waals surface area contributed by atoms with Crippen LogP contribution in [0.4, 0.5) is 0 Å². The first-order valence-electron chi connectivity index (χ1n) is 6.00. The Labute approximate surface area is 128 Å². The van der Waals surface area contributed by atoms with Gasteiger partial charge in [-0.3, -0.25) is 4.98 Å². The summed E-state index contributed by atoms with van der Waals surface area (Å²) < 4.78 is 5.53. The van der Waals surface area contributed by atoms with Gasteiger partial charge in [-0.25, -0.2) is 9.78 Å². The van der Waals surface area contributed by atoms with E-state index < -0.39 is 5.97 Å². The van der Waals surface area contributed by atoms with E-state index in [1.165, 1.54) is 18.5 Å². The lowest BCUT2D eigenvalue weighted by Crippen LogP contribution is -2.00. The molecular weight excluding hydrogens is 308 g/mol. The molecule has 3 aromatic heterocycles. The number of rotatable bonds is 5. The van der Waals surface area contributed by atoms with Crippen molar-refractivity contribution in [3.63, 3.8) is 0 Å². The van der Waals surface area contributed by atoms with E-state index in [9.17, 15) is 4.79 Å². The maximum atomic E-state index is 10.9. The fraction of sp³-hybridized carbons (Fsp3) is 0.0714. The van der Waals surface area contributed by atoms with Crippen molar-refractivity contribution in [2.75, 3.05) is 0 Å². The van der Waals surface area contributed by atoms with E-state index in [1.54, 1.807) is 22.7 Å². The van der Waals surface area contributed by atoms with Gasteiger partial charge >= 0.3 is 5.97 Å². The molecule has 0 aliphatic carbocycles. The van der Waals surface area contributed by atoms with Crippen LogP contribution in [0.1, 0.15) is 16.1 Å². The van der Waals surface area contributed by atoms with Crippen molar-refractivity contribution in [3.05, 3.63) is 51.9 Å². The summed E-state index contributed by atoms with van der Waals surface area (Å²) in [6, 6.07) is 3.47. The summed E-state index contributed by atoms with van der Waals surface area (Å²) >= 11 is 3.19. The highest BCUT2D eigenvalue weighted by Crippen LogP contribution is 2.26. The summed E-state index contributed by atoms with van der Waals surface area (Å²) in [5.74, 6) is -0.610. The highest BCUT2D eigenvalue weighted by molar-refractivity contribution is 7.14. The van der Waals surface area contributed by atoms with Crippen molar-refractivity contribution in [1.29, 1.82) is 0 Å². The number of hydrogen-bond acceptors (Lipinski definition) is 6. The van der Waals surface area contributed by atoms with Crippen LogP contribution in [0, 0.1) is 0 Å². The van der Waals surface area contributed by atoms with E-state index in [1.807, 2.05) is 22.2 Å². The molecule has 0 radical (unpaired) electrons. The molecule has 7 heteroatoms. The number of pyridine rings is 1. The second kappa shape index (κ2) is 6.02. The van der Waals surface area contributed by atoms with Crippen LogP contribution in [0.15, 0.2) is 40.7 Å². The maximum Gasteiger partial charge on any atom is 0.337 e. The standard InChI is InChI=1S/C14H10N2O3S2/c17-14(18)10-3-12(5-15-4-10)19-6-11-8-21-13(16-11)9-1-2-20-7-9/h1-5,7-8H,6H2,(H,17,18). The number of aromatic nitrogens is 2. The average molecular weight is 318 g/mol. The Morgan fingerprint density at radius 1 is 1.33 bits per heavy atom. The van der Waals surface area contributed by atoms with Gasteiger partial charge in [0.05, 0.1) is 17.5 Å². The van der Waals surface area contributed by atoms with E-state index in [-0.39, 0.29) is 12.2 Å². The number of thiazole rings is 1. The first-order valence-corrected chi connectivity index (χ1v) is 7.83. The van der Waals surface area contributed by atoms with Gasteiger partial charge in [0.15, 0.2) is 0 Å². The van der Waals surface area contributed by atoms with Crippen molar-refractivity contribution >= 4 is 28.6 Å². The number of carboxylic acids is 1. The first-order chi connectivity index (χ1) is 10.2. The second-order valence-corrected chi connectivity index (χ2v) is 5.80. The van der Waals surface area contributed by atoms with Gasteiger partial charge in [-0.2, -0.15) is 11.3 Å². The molecule has 0 saturated heterocycles. The van der Waals surface area contributed by atoms with Crippen LogP contribution in [0.3, 0.4) is 0 Å². The number of hydrogen-bond donors (Lipinski definition) is 1. The number of carboxylic acid groups (broad SMARTS) is 1. The highest BCUT2D eigenvalue weighted by atomic mass is 32.1. The van der Waals surface area contributed by atoms with Gasteiger partial charge in [0, 0.05) is 22.5 Å². The van der Waals surface area contributed by atoms with Crippen molar-refractivity contribution in [2.45, 2.75) is 6.61 Å². The lowest BCUT2D eigenvalue weighted by Gasteiger charge is -2.04. The van der Waals surface area contributed by atoms with E-state index in [4.69, 9.17) is 9.84 Å². The third-order valence-corrected chi connectivity index (χ3v) is 4.29. The number of aromatic carboxylic acids is 1. The minimum absolute atomic E-state index is 0.102. The quantitative estimate of drug-likeness (QED) is 0.779. The number of carbonyl (C=O) groups is 1. The van der Waals surface area contributed by atoms with Crippen molar-refractivity contribution in [1.82, 2.24) is 9.97 Å². The number of nitrogens with zero attached hydrogens (tertiary/aromatic N) is 2. The molecule has 5 nitrogen and oxygen atoms in total. The summed E-state index contributed by atoms with van der Waals surface area (Å²) in [5, 5.41) is 15.8. The van der Waals surface area contributed by atoms with Crippen molar-refractivity contribution < 1.29 is 14.6 Å². The van der Waals surface area contributed by atoms with Gasteiger partial charge in [0.2, 0.25) is 0 Å². The monoisotopic (exact) mass is 318 g/mol. The van der Waals surface area contributed by atoms with Crippen LogP contribution in [0.25, 0.3) is 10.6 Å². The van der Waals surface area contributed by atoms with Gasteiger partial charge in [-0.15, -0.1) is 11.3 Å². The molecule has 0 amide bonds. The Hall–Kier alpha value is -2.25. The third-order valence-electron chi connectivity index (χ3n) is 2.67. The van der Waals surface area contributed by atoms with Crippen LogP contribution < -0.4 is 4.74 Å². The predicted octanol–water partition coefficient (Wildman–Crippen LogP) is 3.54. The molecule has 0 spiro atoms. The predicted molar refractivity (Wildman–Crippen MR) is 81.0 cm³/mol. The van der Waals surface area contributed by atoms with Gasteiger partial charge in [0.25, 0.3) is 0 Å². The minimum atomic E-state index is -1.03. The second-order valence-electron chi connectivity index (χ2n) is 4.16. The van der Waals surface area contributed by atoms with Gasteiger partial charge < -0.3 is 9.84 Å². The molecule has 0 saturated carbocycles. The molecule has 0 unspecified atom stereocenters. The fourth-order valence-electron chi connectivity index (χ4n) is 1.66. The molecule has 0 aliphatic rings. The normalized spacial score (nSPS) is 10.5. The lowest BCUT2D eigenvalue weighted by atomic mass is 10.3. The van der Waals surface area contributed by atoms with Crippen LogP contribution >= 0.6 is 22.7 Å². The van der Waals surface area contributed by atoms with Crippen LogP contribution in [0.2, 0.25) is 0 Å². The first kappa shape index (κ1) is 13.7. The van der Waals surface area contributed by atoms with Crippen LogP contribution in [0.5, 0.6) is 5.75 Å². The van der Waals surface area contributed by atoms with Crippen molar-refractivity contribution in [3.8, 4) is 16.3 Å². The summed E-state index contributed by atoms with van der Waals surface area (Å²) in [6.07, 6.45) is 2.77. The smallest absolute Gasteiger partial charge is 0.337 e. The Kier molecular flexibility index (Phi) is 3.94. The topological polar surface area (TPSA) is 72.3 Å². The van der Waals surface area contributed by atoms with Gasteiger partial charge in [-0.05, 0) is 17.5 Å². The fourth-order valence-corrected chi connectivity index (χ4v) is 3.18. The van der Waals surface area contributed by atoms with Crippen molar-refractivity contribution in [2.24, 2.45) is 0 Å². The lowest BCUT2D eigenvalue weighted by molar-refractivity contribution is 0.0696. The van der Waals surface area contributed by atoms with Crippen LogP contribution in [-0.4, -0.2) is 21.0 Å². The molecular formula is C14H10N2O3S2. The molecule has 0 bridgehead atoms. The summed E-state index contributed by atoms with van der Waals surface area (Å²) in [5.41, 5.74) is 2.01.